The molecule has 0 unspecified atom stereocenters. The molecule has 1 aromatic carbocycles. The molecule has 1 saturated heterocycles. The number of rotatable bonds is 11. The van der Waals surface area contributed by atoms with Gasteiger partial charge in [0.25, 0.3) is 0 Å². The van der Waals surface area contributed by atoms with Crippen molar-refractivity contribution >= 4 is 23.0 Å². The first-order valence-electron chi connectivity index (χ1n) is 12.2. The van der Waals surface area contributed by atoms with Gasteiger partial charge in [0.2, 0.25) is 0 Å². The van der Waals surface area contributed by atoms with Crippen LogP contribution in [0.4, 0.5) is 17.1 Å². The highest BCUT2D eigenvalue weighted by molar-refractivity contribution is 5.77. The Morgan fingerprint density at radius 1 is 1.18 bits per heavy atom. The maximum absolute atomic E-state index is 11.9. The standard InChI is InChI=1S/C27H39N3O4/c1-19(2)17-30(24-10-12-34-13-11-24)26-9-6-21(20(3)14-27(31)33-5)15-25(26)29-22-7-8-23(18-32-4)28-16-22/h6-9,15-16,19-20,24,29H,10-14,17-18H2,1-5H3/t20-/m1/s1. The number of methoxy groups -OCH3 is 2. The molecule has 0 amide bonds. The summed E-state index contributed by atoms with van der Waals surface area (Å²) in [6.45, 7) is 9.60. The minimum atomic E-state index is -0.201. The van der Waals surface area contributed by atoms with E-state index in [0.717, 1.165) is 60.9 Å². The van der Waals surface area contributed by atoms with Crippen LogP contribution in [0.3, 0.4) is 0 Å². The molecule has 186 valence electrons. The molecule has 7 heteroatoms. The second kappa shape index (κ2) is 12.7. The largest absolute Gasteiger partial charge is 0.469 e. The van der Waals surface area contributed by atoms with E-state index in [4.69, 9.17) is 14.2 Å². The molecule has 2 heterocycles. The SMILES string of the molecule is COCc1ccc(Nc2cc([C@H](C)CC(=O)OC)ccc2N(CC(C)C)C2CCOCC2)cn1. The lowest BCUT2D eigenvalue weighted by molar-refractivity contribution is -0.140. The molecular weight excluding hydrogens is 430 g/mol. The Labute approximate surface area is 203 Å². The van der Waals surface area contributed by atoms with Crippen LogP contribution >= 0.6 is 0 Å². The highest BCUT2D eigenvalue weighted by Crippen LogP contribution is 2.36. The molecule has 1 atom stereocenters. The van der Waals surface area contributed by atoms with E-state index in [9.17, 15) is 4.79 Å². The van der Waals surface area contributed by atoms with Gasteiger partial charge in [-0.1, -0.05) is 26.8 Å². The lowest BCUT2D eigenvalue weighted by Crippen LogP contribution is -2.42. The Balaban J connectivity index is 1.97. The lowest BCUT2D eigenvalue weighted by Gasteiger charge is -2.38. The predicted octanol–water partition coefficient (Wildman–Crippen LogP) is 5.28. The van der Waals surface area contributed by atoms with Crippen molar-refractivity contribution in [2.75, 3.05) is 44.2 Å². The first kappa shape index (κ1) is 26.0. The molecule has 34 heavy (non-hydrogen) atoms. The molecule has 1 fully saturated rings. The second-order valence-corrected chi connectivity index (χ2v) is 9.44. The number of carbonyl (C=O) groups excluding carboxylic acids is 1. The van der Waals surface area contributed by atoms with Gasteiger partial charge in [0, 0.05) is 32.9 Å². The summed E-state index contributed by atoms with van der Waals surface area (Å²) in [5.41, 5.74) is 5.07. The number of hydrogen-bond acceptors (Lipinski definition) is 7. The van der Waals surface area contributed by atoms with Gasteiger partial charge in [-0.25, -0.2) is 0 Å². The topological polar surface area (TPSA) is 72.9 Å². The Kier molecular flexibility index (Phi) is 9.72. The van der Waals surface area contributed by atoms with Crippen LogP contribution in [0, 0.1) is 5.92 Å². The molecule has 1 N–H and O–H groups in total. The molecular formula is C27H39N3O4. The van der Waals surface area contributed by atoms with Gasteiger partial charge in [0.05, 0.1) is 49.1 Å². The molecule has 0 aliphatic carbocycles. The molecule has 0 radical (unpaired) electrons. The Hall–Kier alpha value is -2.64. The van der Waals surface area contributed by atoms with Crippen LogP contribution in [0.2, 0.25) is 0 Å². The highest BCUT2D eigenvalue weighted by Gasteiger charge is 2.25. The van der Waals surface area contributed by atoms with Crippen LogP contribution < -0.4 is 10.2 Å². The third-order valence-electron chi connectivity index (χ3n) is 6.19. The number of pyridine rings is 1. The monoisotopic (exact) mass is 469 g/mol. The summed E-state index contributed by atoms with van der Waals surface area (Å²) in [6, 6.07) is 10.9. The third kappa shape index (κ3) is 7.18. The van der Waals surface area contributed by atoms with Crippen molar-refractivity contribution < 1.29 is 19.0 Å². The molecule has 2 aromatic rings. The highest BCUT2D eigenvalue weighted by atomic mass is 16.5. The van der Waals surface area contributed by atoms with Crippen LogP contribution in [0.25, 0.3) is 0 Å². The van der Waals surface area contributed by atoms with E-state index in [1.54, 1.807) is 7.11 Å². The third-order valence-corrected chi connectivity index (χ3v) is 6.19. The Morgan fingerprint density at radius 3 is 2.56 bits per heavy atom. The van der Waals surface area contributed by atoms with Gasteiger partial charge in [-0.05, 0) is 54.5 Å². The average Bonchev–Trinajstić information content (AvgIpc) is 2.84. The average molecular weight is 470 g/mol. The first-order chi connectivity index (χ1) is 16.4. The molecule has 1 aromatic heterocycles. The minimum Gasteiger partial charge on any atom is -0.469 e. The van der Waals surface area contributed by atoms with E-state index in [2.05, 4.69) is 54.2 Å². The summed E-state index contributed by atoms with van der Waals surface area (Å²) < 4.78 is 15.7. The van der Waals surface area contributed by atoms with Gasteiger partial charge in [0.1, 0.15) is 0 Å². The van der Waals surface area contributed by atoms with Crippen LogP contribution in [0.5, 0.6) is 0 Å². The predicted molar refractivity (Wildman–Crippen MR) is 136 cm³/mol. The zero-order valence-corrected chi connectivity index (χ0v) is 21.2. The fourth-order valence-corrected chi connectivity index (χ4v) is 4.38. The number of nitrogens with zero attached hydrogens (tertiary/aromatic N) is 2. The Morgan fingerprint density at radius 2 is 1.94 bits per heavy atom. The van der Waals surface area contributed by atoms with E-state index in [1.165, 1.54) is 7.11 Å². The van der Waals surface area contributed by atoms with Crippen molar-refractivity contribution in [2.24, 2.45) is 5.92 Å². The molecule has 1 aliphatic heterocycles. The van der Waals surface area contributed by atoms with Crippen LogP contribution in [-0.4, -0.2) is 51.0 Å². The number of ether oxygens (including phenoxy) is 3. The lowest BCUT2D eigenvalue weighted by atomic mass is 9.95. The number of benzene rings is 1. The van der Waals surface area contributed by atoms with E-state index < -0.39 is 0 Å². The molecule has 0 spiro atoms. The quantitative estimate of drug-likeness (QED) is 0.449. The van der Waals surface area contributed by atoms with Crippen molar-refractivity contribution in [3.05, 3.63) is 47.8 Å². The van der Waals surface area contributed by atoms with Gasteiger partial charge < -0.3 is 24.4 Å². The summed E-state index contributed by atoms with van der Waals surface area (Å²) >= 11 is 0. The second-order valence-electron chi connectivity index (χ2n) is 9.44. The van der Waals surface area contributed by atoms with E-state index >= 15 is 0 Å². The maximum atomic E-state index is 11.9. The van der Waals surface area contributed by atoms with Gasteiger partial charge in [-0.2, -0.15) is 0 Å². The Bertz CT molecular complexity index is 911. The number of nitrogens with one attached hydrogen (secondary N) is 1. The zero-order chi connectivity index (χ0) is 24.5. The van der Waals surface area contributed by atoms with Crippen molar-refractivity contribution in [1.29, 1.82) is 0 Å². The van der Waals surface area contributed by atoms with Crippen LogP contribution in [0.1, 0.15) is 57.2 Å². The van der Waals surface area contributed by atoms with Gasteiger partial charge in [-0.15, -0.1) is 0 Å². The van der Waals surface area contributed by atoms with Crippen molar-refractivity contribution in [3.8, 4) is 0 Å². The zero-order valence-electron chi connectivity index (χ0n) is 21.2. The number of aromatic nitrogens is 1. The summed E-state index contributed by atoms with van der Waals surface area (Å²) in [4.78, 5) is 18.9. The fraction of sp³-hybridized carbons (Fsp3) is 0.556. The summed E-state index contributed by atoms with van der Waals surface area (Å²) in [5, 5.41) is 3.60. The van der Waals surface area contributed by atoms with Gasteiger partial charge in [0.15, 0.2) is 0 Å². The smallest absolute Gasteiger partial charge is 0.306 e. The molecule has 0 bridgehead atoms. The number of hydrogen-bond donors (Lipinski definition) is 1. The number of esters is 1. The molecule has 7 nitrogen and oxygen atoms in total. The van der Waals surface area contributed by atoms with Crippen molar-refractivity contribution in [1.82, 2.24) is 4.98 Å². The van der Waals surface area contributed by atoms with E-state index in [1.807, 2.05) is 18.3 Å². The maximum Gasteiger partial charge on any atom is 0.306 e. The van der Waals surface area contributed by atoms with Gasteiger partial charge >= 0.3 is 5.97 Å². The van der Waals surface area contributed by atoms with Crippen molar-refractivity contribution in [2.45, 2.75) is 58.6 Å². The van der Waals surface area contributed by atoms with Gasteiger partial charge in [-0.3, -0.25) is 9.78 Å². The normalized spacial score (nSPS) is 15.2. The summed E-state index contributed by atoms with van der Waals surface area (Å²) in [7, 11) is 3.10. The fourth-order valence-electron chi connectivity index (χ4n) is 4.38. The number of anilines is 3. The minimum absolute atomic E-state index is 0.0471. The van der Waals surface area contributed by atoms with E-state index in [-0.39, 0.29) is 11.9 Å². The molecule has 0 saturated carbocycles. The van der Waals surface area contributed by atoms with Crippen LogP contribution in [0.15, 0.2) is 36.5 Å². The summed E-state index contributed by atoms with van der Waals surface area (Å²) in [6.07, 6.45) is 4.21. The number of carbonyl (C=O) groups is 1. The van der Waals surface area contributed by atoms with Crippen LogP contribution in [-0.2, 0) is 25.6 Å². The van der Waals surface area contributed by atoms with Crippen molar-refractivity contribution in [3.63, 3.8) is 0 Å². The summed E-state index contributed by atoms with van der Waals surface area (Å²) in [5.74, 6) is 0.363. The van der Waals surface area contributed by atoms with E-state index in [0.29, 0.717) is 25.0 Å². The first-order valence-corrected chi connectivity index (χ1v) is 12.2. The molecule has 3 rings (SSSR count). The molecule has 1 aliphatic rings.